The Morgan fingerprint density at radius 1 is 0.950 bits per heavy atom. The smallest absolute Gasteiger partial charge is 0.343 e. The second-order valence-electron chi connectivity index (χ2n) is 8.70. The number of nitro groups is 1. The number of Topliss-reactive ketones (excluding diaryl/α,β-unsaturated/α-hetero) is 1. The number of non-ortho nitro benzene ring substituents is 1. The van der Waals surface area contributed by atoms with Crippen LogP contribution in [-0.2, 0) is 14.3 Å². The van der Waals surface area contributed by atoms with Gasteiger partial charge in [0.15, 0.2) is 12.4 Å². The van der Waals surface area contributed by atoms with Crippen LogP contribution in [0.1, 0.15) is 27.1 Å². The third-order valence-electron chi connectivity index (χ3n) is 6.16. The van der Waals surface area contributed by atoms with Crippen LogP contribution in [0.5, 0.6) is 17.2 Å². The van der Waals surface area contributed by atoms with Gasteiger partial charge in [-0.3, -0.25) is 24.5 Å². The molecule has 1 aliphatic rings. The predicted octanol–water partition coefficient (Wildman–Crippen LogP) is 3.61. The predicted molar refractivity (Wildman–Crippen MR) is 140 cm³/mol. The van der Waals surface area contributed by atoms with Gasteiger partial charge in [-0.15, -0.1) is 0 Å². The standard InChI is InChI=1S/C28H24N2O10/c1-37-22-5-3-4-18(12-22)28(34)40-21-9-6-17(7-10-21)24(31)16-39-27(33)19-13-26(32)29(15-19)23-11-8-20(30(35)36)14-25(23)38-2/h3-12,14,19H,13,15-16H2,1-2H3/t19-/m1/s1. The van der Waals surface area contributed by atoms with Gasteiger partial charge in [0.1, 0.15) is 17.2 Å². The number of anilines is 1. The lowest BCUT2D eigenvalue weighted by Gasteiger charge is -2.19. The lowest BCUT2D eigenvalue weighted by atomic mass is 10.1. The monoisotopic (exact) mass is 548 g/mol. The van der Waals surface area contributed by atoms with Gasteiger partial charge in [0, 0.05) is 24.6 Å². The topological polar surface area (TPSA) is 152 Å². The number of benzene rings is 3. The van der Waals surface area contributed by atoms with Gasteiger partial charge in [-0.25, -0.2) is 4.79 Å². The molecule has 1 aliphatic heterocycles. The van der Waals surface area contributed by atoms with E-state index >= 15 is 0 Å². The number of nitrogens with zero attached hydrogens (tertiary/aromatic N) is 2. The molecular formula is C28H24N2O10. The van der Waals surface area contributed by atoms with Crippen LogP contribution in [0.2, 0.25) is 0 Å². The SMILES string of the molecule is COc1cccc(C(=O)Oc2ccc(C(=O)COC(=O)[C@@H]3CC(=O)N(c4ccc([N+](=O)[O-])cc4OC)C3)cc2)c1. The van der Waals surface area contributed by atoms with E-state index in [1.165, 1.54) is 67.7 Å². The van der Waals surface area contributed by atoms with Gasteiger partial charge in [-0.05, 0) is 48.5 Å². The molecule has 1 heterocycles. The van der Waals surface area contributed by atoms with Gasteiger partial charge in [0.2, 0.25) is 5.91 Å². The van der Waals surface area contributed by atoms with Gasteiger partial charge < -0.3 is 23.8 Å². The summed E-state index contributed by atoms with van der Waals surface area (Å²) in [6.45, 7) is -0.583. The molecule has 1 saturated heterocycles. The molecule has 0 N–H and O–H groups in total. The van der Waals surface area contributed by atoms with Crippen LogP contribution < -0.4 is 19.1 Å². The Morgan fingerprint density at radius 2 is 1.70 bits per heavy atom. The van der Waals surface area contributed by atoms with Gasteiger partial charge in [0.25, 0.3) is 5.69 Å². The molecule has 1 atom stereocenters. The first-order chi connectivity index (χ1) is 19.2. The number of ether oxygens (including phenoxy) is 4. The zero-order chi connectivity index (χ0) is 28.8. The first-order valence-electron chi connectivity index (χ1n) is 12.0. The number of carbonyl (C=O) groups is 4. The van der Waals surface area contributed by atoms with E-state index in [2.05, 4.69) is 0 Å². The zero-order valence-electron chi connectivity index (χ0n) is 21.5. The Morgan fingerprint density at radius 3 is 2.38 bits per heavy atom. The minimum Gasteiger partial charge on any atom is -0.497 e. The highest BCUT2D eigenvalue weighted by Gasteiger charge is 2.37. The summed E-state index contributed by atoms with van der Waals surface area (Å²) in [5.41, 5.74) is 0.609. The maximum Gasteiger partial charge on any atom is 0.343 e. The number of rotatable bonds is 10. The number of ketones is 1. The summed E-state index contributed by atoms with van der Waals surface area (Å²) in [4.78, 5) is 61.9. The van der Waals surface area contributed by atoms with Gasteiger partial charge in [-0.2, -0.15) is 0 Å². The third kappa shape index (κ3) is 6.23. The molecule has 4 rings (SSSR count). The maximum atomic E-state index is 12.6. The van der Waals surface area contributed by atoms with E-state index in [1.807, 2.05) is 0 Å². The summed E-state index contributed by atoms with van der Waals surface area (Å²) in [5.74, 6) is -2.20. The fraction of sp³-hybridized carbons (Fsp3) is 0.214. The maximum absolute atomic E-state index is 12.6. The lowest BCUT2D eigenvalue weighted by Crippen LogP contribution is -2.27. The van der Waals surface area contributed by atoms with Crippen LogP contribution in [0.4, 0.5) is 11.4 Å². The molecular weight excluding hydrogens is 524 g/mol. The summed E-state index contributed by atoms with van der Waals surface area (Å²) >= 11 is 0. The summed E-state index contributed by atoms with van der Waals surface area (Å²) in [5, 5.41) is 11.0. The van der Waals surface area contributed by atoms with Crippen LogP contribution in [0, 0.1) is 16.0 Å². The lowest BCUT2D eigenvalue weighted by molar-refractivity contribution is -0.384. The van der Waals surface area contributed by atoms with Crippen molar-refractivity contribution in [1.82, 2.24) is 0 Å². The fourth-order valence-corrected chi connectivity index (χ4v) is 4.06. The van der Waals surface area contributed by atoms with Crippen molar-refractivity contribution in [2.45, 2.75) is 6.42 Å². The number of methoxy groups -OCH3 is 2. The molecule has 0 saturated carbocycles. The van der Waals surface area contributed by atoms with E-state index in [1.54, 1.807) is 18.2 Å². The molecule has 3 aromatic carbocycles. The zero-order valence-corrected chi connectivity index (χ0v) is 21.5. The van der Waals surface area contributed by atoms with Crippen molar-refractivity contribution in [1.29, 1.82) is 0 Å². The van der Waals surface area contributed by atoms with Crippen LogP contribution in [-0.4, -0.2) is 55.9 Å². The number of esters is 2. The van der Waals surface area contributed by atoms with E-state index < -0.39 is 35.2 Å². The molecule has 206 valence electrons. The van der Waals surface area contributed by atoms with Crippen molar-refractivity contribution in [3.05, 3.63) is 88.0 Å². The van der Waals surface area contributed by atoms with E-state index in [0.29, 0.717) is 11.3 Å². The summed E-state index contributed by atoms with van der Waals surface area (Å²) in [7, 11) is 2.80. The summed E-state index contributed by atoms with van der Waals surface area (Å²) in [6.07, 6.45) is -0.152. The molecule has 0 spiro atoms. The highest BCUT2D eigenvalue weighted by Crippen LogP contribution is 2.36. The molecule has 1 fully saturated rings. The number of hydrogen-bond acceptors (Lipinski definition) is 10. The second-order valence-corrected chi connectivity index (χ2v) is 8.70. The average Bonchev–Trinajstić information content (AvgIpc) is 3.36. The Balaban J connectivity index is 1.32. The Labute approximate surface area is 228 Å². The highest BCUT2D eigenvalue weighted by molar-refractivity contribution is 6.02. The van der Waals surface area contributed by atoms with Crippen molar-refractivity contribution in [3.8, 4) is 17.2 Å². The Hall–Kier alpha value is -5.26. The molecule has 3 aromatic rings. The van der Waals surface area contributed by atoms with Crippen LogP contribution in [0.15, 0.2) is 66.7 Å². The van der Waals surface area contributed by atoms with Gasteiger partial charge in [-0.1, -0.05) is 6.07 Å². The number of carbonyl (C=O) groups excluding carboxylic acids is 4. The van der Waals surface area contributed by atoms with Crippen LogP contribution in [0.3, 0.4) is 0 Å². The van der Waals surface area contributed by atoms with Crippen LogP contribution in [0.25, 0.3) is 0 Å². The molecule has 0 aliphatic carbocycles. The number of hydrogen-bond donors (Lipinski definition) is 0. The van der Waals surface area contributed by atoms with Gasteiger partial charge >= 0.3 is 11.9 Å². The largest absolute Gasteiger partial charge is 0.497 e. The van der Waals surface area contributed by atoms with Crippen molar-refractivity contribution in [3.63, 3.8) is 0 Å². The van der Waals surface area contributed by atoms with E-state index in [4.69, 9.17) is 18.9 Å². The number of amides is 1. The summed E-state index contributed by atoms with van der Waals surface area (Å²) in [6, 6.07) is 16.0. The normalized spacial score (nSPS) is 14.4. The minimum absolute atomic E-state index is 0.0343. The number of nitro benzene ring substituents is 1. The second kappa shape index (κ2) is 12.1. The molecule has 0 unspecified atom stereocenters. The highest BCUT2D eigenvalue weighted by atomic mass is 16.6. The quantitative estimate of drug-likeness (QED) is 0.121. The van der Waals surface area contributed by atoms with Crippen LogP contribution >= 0.6 is 0 Å². The molecule has 0 bridgehead atoms. The third-order valence-corrected chi connectivity index (χ3v) is 6.16. The minimum atomic E-state index is -0.835. The molecule has 0 radical (unpaired) electrons. The Bertz CT molecular complexity index is 1470. The van der Waals surface area contributed by atoms with E-state index in [0.717, 1.165) is 0 Å². The van der Waals surface area contributed by atoms with Crippen molar-refractivity contribution in [2.75, 3.05) is 32.3 Å². The molecule has 12 nitrogen and oxygen atoms in total. The first-order valence-corrected chi connectivity index (χ1v) is 12.0. The molecule has 12 heteroatoms. The van der Waals surface area contributed by atoms with Gasteiger partial charge in [0.05, 0.1) is 42.4 Å². The molecule has 1 amide bonds. The van der Waals surface area contributed by atoms with Crippen molar-refractivity contribution >= 4 is 35.0 Å². The van der Waals surface area contributed by atoms with E-state index in [-0.39, 0.29) is 47.3 Å². The first kappa shape index (κ1) is 27.8. The average molecular weight is 549 g/mol. The molecule has 40 heavy (non-hydrogen) atoms. The summed E-state index contributed by atoms with van der Waals surface area (Å²) < 4.78 is 20.8. The Kier molecular flexibility index (Phi) is 8.38. The van der Waals surface area contributed by atoms with E-state index in [9.17, 15) is 29.3 Å². The van der Waals surface area contributed by atoms with Crippen molar-refractivity contribution in [2.24, 2.45) is 5.92 Å². The fourth-order valence-electron chi connectivity index (χ4n) is 4.06. The van der Waals surface area contributed by atoms with Crippen molar-refractivity contribution < 1.29 is 43.0 Å². The molecule has 0 aromatic heterocycles.